The fourth-order valence-electron chi connectivity index (χ4n) is 1.88. The first-order chi connectivity index (χ1) is 8.08. The molecule has 0 unspecified atom stereocenters. The van der Waals surface area contributed by atoms with Crippen LogP contribution in [0.2, 0.25) is 0 Å². The van der Waals surface area contributed by atoms with Gasteiger partial charge in [-0.05, 0) is 6.92 Å². The number of nitrogens with one attached hydrogen (secondary N) is 3. The van der Waals surface area contributed by atoms with E-state index in [1.54, 1.807) is 4.90 Å². The summed E-state index contributed by atoms with van der Waals surface area (Å²) in [6, 6.07) is 1.15. The first kappa shape index (κ1) is 11.6. The Morgan fingerprint density at radius 2 is 2.18 bits per heavy atom. The second kappa shape index (κ2) is 4.54. The van der Waals surface area contributed by atoms with E-state index in [0.717, 1.165) is 6.07 Å². The second-order valence-corrected chi connectivity index (χ2v) is 4.05. The molecule has 0 radical (unpaired) electrons. The molecular weight excluding hydrogens is 224 g/mol. The van der Waals surface area contributed by atoms with Gasteiger partial charge in [0.25, 0.3) is 11.5 Å². The van der Waals surface area contributed by atoms with Gasteiger partial charge in [0.2, 0.25) is 0 Å². The van der Waals surface area contributed by atoms with Crippen molar-refractivity contribution in [3.8, 4) is 0 Å². The minimum Gasteiger partial charge on any atom is -0.332 e. The molecule has 7 heteroatoms. The number of aromatic amines is 2. The third kappa shape index (κ3) is 2.44. The molecule has 0 aliphatic carbocycles. The molecule has 1 fully saturated rings. The molecule has 7 nitrogen and oxygen atoms in total. The minimum atomic E-state index is -0.663. The van der Waals surface area contributed by atoms with E-state index in [1.807, 2.05) is 11.9 Å². The zero-order chi connectivity index (χ0) is 12.4. The SMILES string of the molecule is C[C@@H]1CNCCN1C(=O)c1cc(=O)[nH]c(=O)[nH]1. The van der Waals surface area contributed by atoms with Gasteiger partial charge in [0.1, 0.15) is 5.69 Å². The molecule has 17 heavy (non-hydrogen) atoms. The van der Waals surface area contributed by atoms with E-state index < -0.39 is 11.2 Å². The molecule has 1 aliphatic heterocycles. The van der Waals surface area contributed by atoms with Crippen LogP contribution >= 0.6 is 0 Å². The van der Waals surface area contributed by atoms with Crippen molar-refractivity contribution < 1.29 is 4.79 Å². The summed E-state index contributed by atoms with van der Waals surface area (Å²) in [5.74, 6) is -0.317. The maximum Gasteiger partial charge on any atom is 0.326 e. The van der Waals surface area contributed by atoms with E-state index in [1.165, 1.54) is 0 Å². The van der Waals surface area contributed by atoms with Crippen LogP contribution in [0.15, 0.2) is 15.7 Å². The maximum atomic E-state index is 12.1. The van der Waals surface area contributed by atoms with Crippen LogP contribution in [0.4, 0.5) is 0 Å². The molecule has 2 heterocycles. The summed E-state index contributed by atoms with van der Waals surface area (Å²) >= 11 is 0. The summed E-state index contributed by atoms with van der Waals surface area (Å²) in [6.45, 7) is 3.90. The summed E-state index contributed by atoms with van der Waals surface area (Å²) < 4.78 is 0. The Morgan fingerprint density at radius 1 is 1.41 bits per heavy atom. The monoisotopic (exact) mass is 238 g/mol. The van der Waals surface area contributed by atoms with Gasteiger partial charge in [-0.1, -0.05) is 0 Å². The number of carbonyl (C=O) groups is 1. The molecule has 1 aromatic rings. The number of nitrogens with zero attached hydrogens (tertiary/aromatic N) is 1. The predicted molar refractivity (Wildman–Crippen MR) is 61.1 cm³/mol. The standard InChI is InChI=1S/C10H14N4O3/c1-6-5-11-2-3-14(6)9(16)7-4-8(15)13-10(17)12-7/h4,6,11H,2-3,5H2,1H3,(H2,12,13,15,17)/t6-/m1/s1. The Morgan fingerprint density at radius 3 is 2.82 bits per heavy atom. The van der Waals surface area contributed by atoms with E-state index in [0.29, 0.717) is 19.6 Å². The topological polar surface area (TPSA) is 98.1 Å². The number of hydrogen-bond acceptors (Lipinski definition) is 4. The molecular formula is C10H14N4O3. The van der Waals surface area contributed by atoms with Crippen molar-refractivity contribution in [3.63, 3.8) is 0 Å². The molecule has 1 saturated heterocycles. The summed E-state index contributed by atoms with van der Waals surface area (Å²) in [7, 11) is 0. The lowest BCUT2D eigenvalue weighted by atomic mass is 10.2. The van der Waals surface area contributed by atoms with E-state index >= 15 is 0 Å². The first-order valence-corrected chi connectivity index (χ1v) is 5.43. The smallest absolute Gasteiger partial charge is 0.326 e. The fraction of sp³-hybridized carbons (Fsp3) is 0.500. The molecule has 1 aliphatic rings. The van der Waals surface area contributed by atoms with E-state index in [-0.39, 0.29) is 17.6 Å². The van der Waals surface area contributed by atoms with Gasteiger partial charge in [0, 0.05) is 31.7 Å². The summed E-state index contributed by atoms with van der Waals surface area (Å²) in [5, 5.41) is 3.16. The van der Waals surface area contributed by atoms with Crippen LogP contribution in [-0.2, 0) is 0 Å². The van der Waals surface area contributed by atoms with E-state index in [9.17, 15) is 14.4 Å². The largest absolute Gasteiger partial charge is 0.332 e. The third-order valence-electron chi connectivity index (χ3n) is 2.75. The lowest BCUT2D eigenvalue weighted by Gasteiger charge is -2.33. The number of piperazine rings is 1. The van der Waals surface area contributed by atoms with Crippen LogP contribution in [0.3, 0.4) is 0 Å². The van der Waals surface area contributed by atoms with Gasteiger partial charge in [-0.2, -0.15) is 0 Å². The first-order valence-electron chi connectivity index (χ1n) is 5.43. The molecule has 3 N–H and O–H groups in total. The molecule has 0 bridgehead atoms. The Kier molecular flexibility index (Phi) is 3.10. The van der Waals surface area contributed by atoms with E-state index in [4.69, 9.17) is 0 Å². The highest BCUT2D eigenvalue weighted by atomic mass is 16.2. The Bertz CT molecular complexity index is 505. The van der Waals surface area contributed by atoms with Crippen LogP contribution in [0.1, 0.15) is 17.4 Å². The average molecular weight is 238 g/mol. The Balaban J connectivity index is 2.30. The highest BCUT2D eigenvalue weighted by molar-refractivity contribution is 5.92. The number of H-pyrrole nitrogens is 2. The van der Waals surface area contributed by atoms with Crippen molar-refractivity contribution in [2.75, 3.05) is 19.6 Å². The molecule has 0 aromatic carbocycles. The van der Waals surface area contributed by atoms with Crippen molar-refractivity contribution >= 4 is 5.91 Å². The zero-order valence-corrected chi connectivity index (χ0v) is 9.45. The van der Waals surface area contributed by atoms with Crippen molar-refractivity contribution in [3.05, 3.63) is 32.6 Å². The number of aromatic nitrogens is 2. The third-order valence-corrected chi connectivity index (χ3v) is 2.75. The predicted octanol–water partition coefficient (Wildman–Crippen LogP) is -1.50. The maximum absolute atomic E-state index is 12.1. The molecule has 92 valence electrons. The zero-order valence-electron chi connectivity index (χ0n) is 9.45. The quantitative estimate of drug-likeness (QED) is 0.554. The number of hydrogen-bond donors (Lipinski definition) is 3. The van der Waals surface area contributed by atoms with Crippen molar-refractivity contribution in [1.82, 2.24) is 20.2 Å². The molecule has 0 saturated carbocycles. The molecule has 0 spiro atoms. The lowest BCUT2D eigenvalue weighted by molar-refractivity contribution is 0.0649. The van der Waals surface area contributed by atoms with Crippen molar-refractivity contribution in [1.29, 1.82) is 0 Å². The van der Waals surface area contributed by atoms with Gasteiger partial charge in [-0.15, -0.1) is 0 Å². The summed E-state index contributed by atoms with van der Waals surface area (Å²) in [5.41, 5.74) is -1.20. The normalized spacial score (nSPS) is 20.3. The molecule has 1 amide bonds. The Hall–Kier alpha value is -1.89. The van der Waals surface area contributed by atoms with Crippen LogP contribution in [0.5, 0.6) is 0 Å². The van der Waals surface area contributed by atoms with Crippen LogP contribution in [0.25, 0.3) is 0 Å². The van der Waals surface area contributed by atoms with Gasteiger partial charge in [0.05, 0.1) is 0 Å². The van der Waals surface area contributed by atoms with Gasteiger partial charge >= 0.3 is 5.69 Å². The number of rotatable bonds is 1. The minimum absolute atomic E-state index is 0.0347. The van der Waals surface area contributed by atoms with Crippen LogP contribution in [-0.4, -0.2) is 46.5 Å². The van der Waals surface area contributed by atoms with Gasteiger partial charge in [-0.3, -0.25) is 14.6 Å². The molecule has 2 rings (SSSR count). The lowest BCUT2D eigenvalue weighted by Crippen LogP contribution is -2.52. The number of amides is 1. The van der Waals surface area contributed by atoms with Gasteiger partial charge in [0.15, 0.2) is 0 Å². The summed E-state index contributed by atoms with van der Waals surface area (Å²) in [6.07, 6.45) is 0. The highest BCUT2D eigenvalue weighted by Gasteiger charge is 2.24. The van der Waals surface area contributed by atoms with Crippen LogP contribution < -0.4 is 16.6 Å². The van der Waals surface area contributed by atoms with Crippen molar-refractivity contribution in [2.24, 2.45) is 0 Å². The Labute approximate surface area is 96.8 Å². The molecule has 1 aromatic heterocycles. The van der Waals surface area contributed by atoms with Crippen LogP contribution in [0, 0.1) is 0 Å². The van der Waals surface area contributed by atoms with E-state index in [2.05, 4.69) is 10.3 Å². The van der Waals surface area contributed by atoms with Gasteiger partial charge in [-0.25, -0.2) is 4.79 Å². The highest BCUT2D eigenvalue weighted by Crippen LogP contribution is 2.06. The molecule has 1 atom stereocenters. The number of carbonyl (C=O) groups excluding carboxylic acids is 1. The van der Waals surface area contributed by atoms with Gasteiger partial charge < -0.3 is 15.2 Å². The average Bonchev–Trinajstić information content (AvgIpc) is 2.27. The fourth-order valence-corrected chi connectivity index (χ4v) is 1.88. The van der Waals surface area contributed by atoms with Crippen molar-refractivity contribution in [2.45, 2.75) is 13.0 Å². The summed E-state index contributed by atoms with van der Waals surface area (Å²) in [4.78, 5) is 40.3. The second-order valence-electron chi connectivity index (χ2n) is 4.05.